The van der Waals surface area contributed by atoms with Crippen LogP contribution in [0.1, 0.15) is 25.7 Å². The van der Waals surface area contributed by atoms with E-state index in [0.717, 1.165) is 25.7 Å². The maximum Gasteiger partial charge on any atom is 0.322 e. The monoisotopic (exact) mass is 219 g/mol. The largest absolute Gasteiger partial charge is 0.468 e. The lowest BCUT2D eigenvalue weighted by Gasteiger charge is -2.20. The van der Waals surface area contributed by atoms with Gasteiger partial charge in [-0.25, -0.2) is 0 Å². The Balaban J connectivity index is 0.00000169. The first-order valence-corrected chi connectivity index (χ1v) is 4.72. The number of carbonyl (C=O) groups excluding carboxylic acids is 1. The summed E-state index contributed by atoms with van der Waals surface area (Å²) in [6, 6.07) is -0.443. The molecule has 2 atom stereocenters. The van der Waals surface area contributed by atoms with Crippen molar-refractivity contribution in [3.63, 3.8) is 0 Å². The molecule has 0 bridgehead atoms. The molecule has 2 unspecified atom stereocenters. The van der Waals surface area contributed by atoms with Crippen LogP contribution in [0, 0.1) is 5.92 Å². The van der Waals surface area contributed by atoms with Crippen LogP contribution in [0.25, 0.3) is 0 Å². The van der Waals surface area contributed by atoms with Crippen LogP contribution in [-0.2, 0) is 9.53 Å². The summed E-state index contributed by atoms with van der Waals surface area (Å²) >= 11 is 0. The van der Waals surface area contributed by atoms with Gasteiger partial charge in [-0.1, -0.05) is 12.2 Å². The molecule has 0 aromatic rings. The van der Waals surface area contributed by atoms with Gasteiger partial charge >= 0.3 is 5.97 Å². The molecule has 4 heteroatoms. The number of methoxy groups -OCH3 is 1. The molecule has 0 aliphatic heterocycles. The molecular weight excluding hydrogens is 202 g/mol. The van der Waals surface area contributed by atoms with Crippen molar-refractivity contribution in [1.82, 2.24) is 0 Å². The van der Waals surface area contributed by atoms with Gasteiger partial charge in [0.25, 0.3) is 0 Å². The summed E-state index contributed by atoms with van der Waals surface area (Å²) < 4.78 is 4.57. The molecule has 0 heterocycles. The standard InChI is InChI=1S/C10H17NO2.ClH/c1-13-10(12)9(11)7-8-5-3-2-4-6-8;/h2-3,8-9H,4-7,11H2,1H3;1H. The zero-order valence-electron chi connectivity index (χ0n) is 8.44. The van der Waals surface area contributed by atoms with Gasteiger partial charge in [-0.2, -0.15) is 0 Å². The quantitative estimate of drug-likeness (QED) is 0.580. The van der Waals surface area contributed by atoms with Crippen molar-refractivity contribution in [2.45, 2.75) is 31.7 Å². The summed E-state index contributed by atoms with van der Waals surface area (Å²) in [4.78, 5) is 11.0. The highest BCUT2D eigenvalue weighted by atomic mass is 35.5. The van der Waals surface area contributed by atoms with Gasteiger partial charge in [0.05, 0.1) is 7.11 Å². The van der Waals surface area contributed by atoms with Crippen LogP contribution >= 0.6 is 12.4 Å². The van der Waals surface area contributed by atoms with E-state index in [4.69, 9.17) is 5.73 Å². The summed E-state index contributed by atoms with van der Waals surface area (Å²) in [7, 11) is 1.38. The lowest BCUT2D eigenvalue weighted by Crippen LogP contribution is -2.33. The van der Waals surface area contributed by atoms with Crippen molar-refractivity contribution in [2.75, 3.05) is 7.11 Å². The second-order valence-corrected chi connectivity index (χ2v) is 3.52. The number of ether oxygens (including phenoxy) is 1. The second-order valence-electron chi connectivity index (χ2n) is 3.52. The Morgan fingerprint density at radius 3 is 2.86 bits per heavy atom. The lowest BCUT2D eigenvalue weighted by atomic mass is 9.89. The summed E-state index contributed by atoms with van der Waals surface area (Å²) in [6.45, 7) is 0. The van der Waals surface area contributed by atoms with Gasteiger partial charge in [0.2, 0.25) is 0 Å². The van der Waals surface area contributed by atoms with Crippen LogP contribution in [0.4, 0.5) is 0 Å². The Bertz CT molecular complexity index is 206. The molecule has 14 heavy (non-hydrogen) atoms. The van der Waals surface area contributed by atoms with E-state index in [1.54, 1.807) is 0 Å². The van der Waals surface area contributed by atoms with Crippen LogP contribution in [0.3, 0.4) is 0 Å². The smallest absolute Gasteiger partial charge is 0.322 e. The van der Waals surface area contributed by atoms with Gasteiger partial charge in [-0.15, -0.1) is 12.4 Å². The van der Waals surface area contributed by atoms with Crippen molar-refractivity contribution in [2.24, 2.45) is 11.7 Å². The minimum atomic E-state index is -0.443. The Morgan fingerprint density at radius 1 is 1.64 bits per heavy atom. The first kappa shape index (κ1) is 13.5. The van der Waals surface area contributed by atoms with E-state index in [1.807, 2.05) is 0 Å². The fourth-order valence-electron chi connectivity index (χ4n) is 1.68. The summed E-state index contributed by atoms with van der Waals surface area (Å²) in [5.74, 6) is 0.258. The van der Waals surface area contributed by atoms with E-state index in [0.29, 0.717) is 5.92 Å². The fraction of sp³-hybridized carbons (Fsp3) is 0.700. The molecule has 2 N–H and O–H groups in total. The SMILES string of the molecule is COC(=O)C(N)CC1CC=CCC1.Cl. The van der Waals surface area contributed by atoms with Crippen molar-refractivity contribution in [3.05, 3.63) is 12.2 Å². The average Bonchev–Trinajstić information content (AvgIpc) is 2.18. The first-order chi connectivity index (χ1) is 6.24. The number of allylic oxidation sites excluding steroid dienone is 2. The zero-order valence-corrected chi connectivity index (χ0v) is 9.26. The molecule has 0 aromatic heterocycles. The summed E-state index contributed by atoms with van der Waals surface area (Å²) in [5.41, 5.74) is 5.66. The normalized spacial score (nSPS) is 22.3. The van der Waals surface area contributed by atoms with E-state index in [2.05, 4.69) is 16.9 Å². The Morgan fingerprint density at radius 2 is 2.36 bits per heavy atom. The molecule has 0 radical (unpaired) electrons. The first-order valence-electron chi connectivity index (χ1n) is 4.72. The highest BCUT2D eigenvalue weighted by Crippen LogP contribution is 2.22. The maximum atomic E-state index is 11.0. The van der Waals surface area contributed by atoms with Crippen LogP contribution in [0.2, 0.25) is 0 Å². The number of esters is 1. The minimum Gasteiger partial charge on any atom is -0.468 e. The van der Waals surface area contributed by atoms with E-state index >= 15 is 0 Å². The van der Waals surface area contributed by atoms with Crippen LogP contribution in [0.15, 0.2) is 12.2 Å². The van der Waals surface area contributed by atoms with Crippen molar-refractivity contribution in [1.29, 1.82) is 0 Å². The number of hydrogen-bond donors (Lipinski definition) is 1. The lowest BCUT2D eigenvalue weighted by molar-refractivity contribution is -0.142. The molecule has 0 saturated heterocycles. The number of carbonyl (C=O) groups is 1. The number of halogens is 1. The van der Waals surface area contributed by atoms with Gasteiger partial charge in [-0.05, 0) is 31.6 Å². The molecule has 1 aliphatic rings. The predicted molar refractivity (Wildman–Crippen MR) is 58.3 cm³/mol. The molecule has 0 fully saturated rings. The zero-order chi connectivity index (χ0) is 9.68. The number of nitrogens with two attached hydrogens (primary N) is 1. The molecule has 82 valence electrons. The topological polar surface area (TPSA) is 52.3 Å². The van der Waals surface area contributed by atoms with Gasteiger partial charge < -0.3 is 10.5 Å². The van der Waals surface area contributed by atoms with Crippen LogP contribution < -0.4 is 5.73 Å². The van der Waals surface area contributed by atoms with E-state index in [9.17, 15) is 4.79 Å². The molecule has 0 spiro atoms. The third-order valence-corrected chi connectivity index (χ3v) is 2.47. The minimum absolute atomic E-state index is 0. The second kappa shape index (κ2) is 6.85. The van der Waals surface area contributed by atoms with Crippen molar-refractivity contribution >= 4 is 18.4 Å². The molecule has 1 aliphatic carbocycles. The predicted octanol–water partition coefficient (Wildman–Crippen LogP) is 1.65. The van der Waals surface area contributed by atoms with Gasteiger partial charge in [-0.3, -0.25) is 4.79 Å². The molecular formula is C10H18ClNO2. The molecule has 1 rings (SSSR count). The third kappa shape index (κ3) is 4.11. The number of rotatable bonds is 3. The number of hydrogen-bond acceptors (Lipinski definition) is 3. The van der Waals surface area contributed by atoms with Gasteiger partial charge in [0, 0.05) is 0 Å². The summed E-state index contributed by atoms with van der Waals surface area (Å²) in [5, 5.41) is 0. The third-order valence-electron chi connectivity index (χ3n) is 2.47. The molecule has 0 amide bonds. The Hall–Kier alpha value is -0.540. The van der Waals surface area contributed by atoms with Crippen molar-refractivity contribution in [3.8, 4) is 0 Å². The van der Waals surface area contributed by atoms with E-state index < -0.39 is 6.04 Å². The Kier molecular flexibility index (Phi) is 6.58. The fourth-order valence-corrected chi connectivity index (χ4v) is 1.68. The van der Waals surface area contributed by atoms with E-state index in [-0.39, 0.29) is 18.4 Å². The summed E-state index contributed by atoms with van der Waals surface area (Å²) in [6.07, 6.45) is 8.39. The molecule has 0 saturated carbocycles. The average molecular weight is 220 g/mol. The highest BCUT2D eigenvalue weighted by Gasteiger charge is 2.19. The molecule has 3 nitrogen and oxygen atoms in total. The molecule has 0 aromatic carbocycles. The van der Waals surface area contributed by atoms with Crippen LogP contribution in [0.5, 0.6) is 0 Å². The maximum absolute atomic E-state index is 11.0. The van der Waals surface area contributed by atoms with E-state index in [1.165, 1.54) is 7.11 Å². The van der Waals surface area contributed by atoms with Crippen LogP contribution in [-0.4, -0.2) is 19.1 Å². The van der Waals surface area contributed by atoms with Gasteiger partial charge in [0.1, 0.15) is 6.04 Å². The highest BCUT2D eigenvalue weighted by molar-refractivity contribution is 5.85. The van der Waals surface area contributed by atoms with Crippen molar-refractivity contribution < 1.29 is 9.53 Å². The van der Waals surface area contributed by atoms with Gasteiger partial charge in [0.15, 0.2) is 0 Å². The Labute approximate surface area is 91.1 Å².